The number of benzene rings is 1. The van der Waals surface area contributed by atoms with Crippen LogP contribution in [0.25, 0.3) is 0 Å². The fourth-order valence-corrected chi connectivity index (χ4v) is 4.44. The van der Waals surface area contributed by atoms with E-state index < -0.39 is 10.0 Å². The van der Waals surface area contributed by atoms with Crippen molar-refractivity contribution in [1.29, 1.82) is 0 Å². The molecule has 112 valence electrons. The fourth-order valence-electron chi connectivity index (χ4n) is 1.40. The number of likely N-dealkylation sites (N-methyl/N-ethyl adjacent to an activating group) is 1. The van der Waals surface area contributed by atoms with Gasteiger partial charge in [-0.15, -0.1) is 0 Å². The molecule has 0 aliphatic rings. The van der Waals surface area contributed by atoms with Gasteiger partial charge in [-0.3, -0.25) is 4.79 Å². The quantitative estimate of drug-likeness (QED) is 0.696. The van der Waals surface area contributed by atoms with Crippen LogP contribution in [0.15, 0.2) is 26.0 Å². The van der Waals surface area contributed by atoms with Gasteiger partial charge in [-0.1, -0.05) is 15.9 Å². The van der Waals surface area contributed by atoms with Gasteiger partial charge in [0, 0.05) is 22.5 Å². The van der Waals surface area contributed by atoms with Crippen molar-refractivity contribution in [3.8, 4) is 0 Å². The third kappa shape index (κ3) is 4.18. The van der Waals surface area contributed by atoms with E-state index in [1.165, 1.54) is 11.0 Å². The van der Waals surface area contributed by atoms with Gasteiger partial charge in [0.15, 0.2) is 0 Å². The first-order valence-corrected chi connectivity index (χ1v) is 8.74. The molecule has 1 aromatic rings. The van der Waals surface area contributed by atoms with Crippen molar-refractivity contribution >= 4 is 53.5 Å². The van der Waals surface area contributed by atoms with Gasteiger partial charge < -0.3 is 10.6 Å². The number of hydrogen-bond acceptors (Lipinski definition) is 4. The molecule has 0 radical (unpaired) electrons. The normalized spacial score (nSPS) is 11.4. The maximum Gasteiger partial charge on any atom is 0.244 e. The molecule has 0 aliphatic carbocycles. The molecular weight excluding hydrogens is 414 g/mol. The second-order valence-electron chi connectivity index (χ2n) is 4.04. The monoisotopic (exact) mass is 427 g/mol. The number of nitrogens with two attached hydrogens (primary N) is 1. The van der Waals surface area contributed by atoms with Gasteiger partial charge in [0.25, 0.3) is 0 Å². The summed E-state index contributed by atoms with van der Waals surface area (Å²) in [5.74, 6) is -0.317. The number of nitrogens with one attached hydrogen (secondary N) is 1. The van der Waals surface area contributed by atoms with Crippen LogP contribution in [0.2, 0.25) is 0 Å². The Morgan fingerprint density at radius 3 is 2.50 bits per heavy atom. The van der Waals surface area contributed by atoms with Gasteiger partial charge in [-0.05, 0) is 35.0 Å². The molecule has 0 spiro atoms. The van der Waals surface area contributed by atoms with Crippen LogP contribution in [0.4, 0.5) is 5.69 Å². The van der Waals surface area contributed by atoms with Crippen molar-refractivity contribution in [2.75, 3.05) is 25.9 Å². The Balaban J connectivity index is 2.99. The number of rotatable bonds is 5. The van der Waals surface area contributed by atoms with Crippen LogP contribution in [0.5, 0.6) is 0 Å². The van der Waals surface area contributed by atoms with Crippen LogP contribution >= 0.6 is 31.9 Å². The minimum atomic E-state index is -3.87. The molecule has 3 N–H and O–H groups in total. The summed E-state index contributed by atoms with van der Waals surface area (Å²) in [6, 6.07) is 3.06. The van der Waals surface area contributed by atoms with E-state index in [1.807, 2.05) is 0 Å². The van der Waals surface area contributed by atoms with Crippen molar-refractivity contribution in [3.05, 3.63) is 21.1 Å². The maximum absolute atomic E-state index is 12.2. The molecular formula is C11H15Br2N3O3S. The average molecular weight is 429 g/mol. The number of carbonyl (C=O) groups is 1. The first-order chi connectivity index (χ1) is 9.19. The fraction of sp³-hybridized carbons (Fsp3) is 0.364. The summed E-state index contributed by atoms with van der Waals surface area (Å²) in [6.07, 6.45) is 0. The molecule has 0 aliphatic heterocycles. The average Bonchev–Trinajstić information content (AvgIpc) is 2.33. The van der Waals surface area contributed by atoms with E-state index in [9.17, 15) is 13.2 Å². The zero-order chi connectivity index (χ0) is 15.5. The van der Waals surface area contributed by atoms with Crippen LogP contribution in [0.1, 0.15) is 6.92 Å². The van der Waals surface area contributed by atoms with Crippen molar-refractivity contribution in [1.82, 2.24) is 9.62 Å². The molecule has 0 aromatic heterocycles. The number of anilines is 1. The summed E-state index contributed by atoms with van der Waals surface area (Å²) < 4.78 is 27.6. The van der Waals surface area contributed by atoms with Crippen LogP contribution in [0.3, 0.4) is 0 Å². The van der Waals surface area contributed by atoms with Gasteiger partial charge in [0.05, 0.1) is 12.2 Å². The van der Waals surface area contributed by atoms with E-state index in [0.717, 1.165) is 0 Å². The molecule has 0 heterocycles. The van der Waals surface area contributed by atoms with Gasteiger partial charge in [-0.2, -0.15) is 0 Å². The van der Waals surface area contributed by atoms with E-state index in [2.05, 4.69) is 36.6 Å². The minimum absolute atomic E-state index is 0.0762. The lowest BCUT2D eigenvalue weighted by molar-refractivity contribution is -0.128. The van der Waals surface area contributed by atoms with E-state index in [1.54, 1.807) is 20.0 Å². The standard InChI is InChI=1S/C11H15Br2N3O3S/c1-3-16(2)10(17)6-15-20(18,19)11-8(13)4-7(12)5-9(11)14/h4-5,15H,3,6,14H2,1-2H3. The van der Waals surface area contributed by atoms with Crippen LogP contribution in [-0.2, 0) is 14.8 Å². The van der Waals surface area contributed by atoms with Crippen LogP contribution in [-0.4, -0.2) is 39.4 Å². The van der Waals surface area contributed by atoms with Crippen LogP contribution in [0, 0.1) is 0 Å². The predicted molar refractivity (Wildman–Crippen MR) is 84.8 cm³/mol. The van der Waals surface area contributed by atoms with Crippen molar-refractivity contribution in [2.45, 2.75) is 11.8 Å². The highest BCUT2D eigenvalue weighted by molar-refractivity contribution is 9.11. The summed E-state index contributed by atoms with van der Waals surface area (Å²) in [4.78, 5) is 13.0. The van der Waals surface area contributed by atoms with Gasteiger partial charge in [0.2, 0.25) is 15.9 Å². The lowest BCUT2D eigenvalue weighted by Gasteiger charge is -2.16. The number of carbonyl (C=O) groups excluding carboxylic acids is 1. The van der Waals surface area contributed by atoms with Crippen molar-refractivity contribution < 1.29 is 13.2 Å². The highest BCUT2D eigenvalue weighted by Gasteiger charge is 2.22. The molecule has 0 bridgehead atoms. The summed E-state index contributed by atoms with van der Waals surface area (Å²) in [5.41, 5.74) is 5.82. The molecule has 20 heavy (non-hydrogen) atoms. The highest BCUT2D eigenvalue weighted by atomic mass is 79.9. The number of hydrogen-bond donors (Lipinski definition) is 2. The Kier molecular flexibility index (Phi) is 5.99. The first-order valence-electron chi connectivity index (χ1n) is 5.67. The number of amides is 1. The summed E-state index contributed by atoms with van der Waals surface area (Å²) in [7, 11) is -2.27. The SMILES string of the molecule is CCN(C)C(=O)CNS(=O)(=O)c1c(N)cc(Br)cc1Br. The molecule has 0 saturated carbocycles. The van der Waals surface area contributed by atoms with E-state index in [0.29, 0.717) is 15.5 Å². The van der Waals surface area contributed by atoms with E-state index in [-0.39, 0.29) is 23.0 Å². The second-order valence-corrected chi connectivity index (χ2v) is 7.51. The zero-order valence-corrected chi connectivity index (χ0v) is 15.0. The molecule has 6 nitrogen and oxygen atoms in total. The smallest absolute Gasteiger partial charge is 0.244 e. The van der Waals surface area contributed by atoms with Gasteiger partial charge in [0.1, 0.15) is 4.90 Å². The van der Waals surface area contributed by atoms with Gasteiger partial charge >= 0.3 is 0 Å². The molecule has 0 unspecified atom stereocenters. The number of nitrogens with zero attached hydrogens (tertiary/aromatic N) is 1. The third-order valence-corrected chi connectivity index (χ3v) is 5.48. The Morgan fingerprint density at radius 2 is 2.00 bits per heavy atom. The Bertz CT molecular complexity index is 596. The largest absolute Gasteiger partial charge is 0.398 e. The van der Waals surface area contributed by atoms with Crippen LogP contribution < -0.4 is 10.5 Å². The summed E-state index contributed by atoms with van der Waals surface area (Å²) in [5, 5.41) is 0. The molecule has 0 atom stereocenters. The number of nitrogen functional groups attached to an aromatic ring is 1. The third-order valence-electron chi connectivity index (χ3n) is 2.62. The molecule has 0 fully saturated rings. The number of halogens is 2. The zero-order valence-electron chi connectivity index (χ0n) is 11.0. The molecule has 0 saturated heterocycles. The summed E-state index contributed by atoms with van der Waals surface area (Å²) in [6.45, 7) is 2.00. The van der Waals surface area contributed by atoms with E-state index >= 15 is 0 Å². The van der Waals surface area contributed by atoms with Crippen molar-refractivity contribution in [3.63, 3.8) is 0 Å². The molecule has 1 rings (SSSR count). The predicted octanol–water partition coefficient (Wildman–Crippen LogP) is 1.55. The van der Waals surface area contributed by atoms with Gasteiger partial charge in [-0.25, -0.2) is 13.1 Å². The Morgan fingerprint density at radius 1 is 1.40 bits per heavy atom. The highest BCUT2D eigenvalue weighted by Crippen LogP contribution is 2.31. The Hall–Kier alpha value is -0.640. The Labute approximate surface area is 135 Å². The van der Waals surface area contributed by atoms with Crippen molar-refractivity contribution in [2.24, 2.45) is 0 Å². The van der Waals surface area contributed by atoms with E-state index in [4.69, 9.17) is 5.73 Å². The molecule has 9 heteroatoms. The summed E-state index contributed by atoms with van der Waals surface area (Å²) >= 11 is 6.38. The molecule has 1 amide bonds. The topological polar surface area (TPSA) is 92.5 Å². The maximum atomic E-state index is 12.2. The number of sulfonamides is 1. The lowest BCUT2D eigenvalue weighted by atomic mass is 10.3. The second kappa shape index (κ2) is 6.88. The minimum Gasteiger partial charge on any atom is -0.398 e. The molecule has 1 aromatic carbocycles. The first kappa shape index (κ1) is 17.4. The lowest BCUT2D eigenvalue weighted by Crippen LogP contribution is -2.38.